The second-order valence-electron chi connectivity index (χ2n) is 3.36. The van der Waals surface area contributed by atoms with E-state index in [-0.39, 0.29) is 13.6 Å². The van der Waals surface area contributed by atoms with E-state index in [1.807, 2.05) is 30.4 Å². The van der Waals surface area contributed by atoms with Gasteiger partial charge in [0, 0.05) is 14.2 Å². The molecule has 0 aromatic heterocycles. The quantitative estimate of drug-likeness (QED) is 0.525. The molecule has 0 N–H and O–H groups in total. The molecule has 0 saturated heterocycles. The molecule has 0 aliphatic rings. The highest BCUT2D eigenvalue weighted by atomic mass is 16.7. The van der Waals surface area contributed by atoms with Crippen molar-refractivity contribution in [3.63, 3.8) is 0 Å². The molecule has 0 fully saturated rings. The highest BCUT2D eigenvalue weighted by Gasteiger charge is 2.08. The summed E-state index contributed by atoms with van der Waals surface area (Å²) in [7, 11) is 3.15. The molecular formula is C14H18O4. The highest BCUT2D eigenvalue weighted by Crippen LogP contribution is 2.30. The van der Waals surface area contributed by atoms with Gasteiger partial charge in [-0.1, -0.05) is 24.8 Å². The molecule has 0 amide bonds. The summed E-state index contributed by atoms with van der Waals surface area (Å²) in [6.07, 6.45) is 5.37. The molecule has 0 aliphatic carbocycles. The van der Waals surface area contributed by atoms with Crippen LogP contribution in [0.4, 0.5) is 0 Å². The predicted octanol–water partition coefficient (Wildman–Crippen LogP) is 2.85. The van der Waals surface area contributed by atoms with Crippen molar-refractivity contribution in [1.82, 2.24) is 0 Å². The van der Waals surface area contributed by atoms with Crippen molar-refractivity contribution in [2.75, 3.05) is 27.8 Å². The van der Waals surface area contributed by atoms with E-state index >= 15 is 0 Å². The average Bonchev–Trinajstić information content (AvgIpc) is 2.41. The summed E-state index contributed by atoms with van der Waals surface area (Å²) in [6, 6.07) is 5.55. The minimum absolute atomic E-state index is 0.183. The van der Waals surface area contributed by atoms with Gasteiger partial charge in [0.2, 0.25) is 0 Å². The zero-order valence-electron chi connectivity index (χ0n) is 10.7. The van der Waals surface area contributed by atoms with Gasteiger partial charge in [0.05, 0.1) is 5.56 Å². The Morgan fingerprint density at radius 3 is 2.06 bits per heavy atom. The van der Waals surface area contributed by atoms with E-state index in [1.54, 1.807) is 20.3 Å². The van der Waals surface area contributed by atoms with E-state index in [1.165, 1.54) is 0 Å². The van der Waals surface area contributed by atoms with Crippen LogP contribution >= 0.6 is 0 Å². The number of rotatable bonds is 8. The normalized spacial score (nSPS) is 10.6. The Kier molecular flexibility index (Phi) is 6.61. The first kappa shape index (κ1) is 14.3. The van der Waals surface area contributed by atoms with Gasteiger partial charge in [-0.15, -0.1) is 0 Å². The van der Waals surface area contributed by atoms with Crippen molar-refractivity contribution in [2.45, 2.75) is 0 Å². The highest BCUT2D eigenvalue weighted by molar-refractivity contribution is 5.65. The molecule has 1 aromatic carbocycles. The fourth-order valence-electron chi connectivity index (χ4n) is 1.35. The molecule has 0 atom stereocenters. The Morgan fingerprint density at radius 2 is 1.61 bits per heavy atom. The second kappa shape index (κ2) is 8.33. The lowest BCUT2D eigenvalue weighted by atomic mass is 10.1. The molecule has 4 nitrogen and oxygen atoms in total. The Morgan fingerprint density at radius 1 is 1.06 bits per heavy atom. The lowest BCUT2D eigenvalue weighted by Crippen LogP contribution is -2.04. The van der Waals surface area contributed by atoms with Crippen LogP contribution in [0.15, 0.2) is 36.9 Å². The largest absolute Gasteiger partial charge is 0.467 e. The van der Waals surface area contributed by atoms with Crippen molar-refractivity contribution >= 4 is 6.08 Å². The van der Waals surface area contributed by atoms with Gasteiger partial charge in [-0.3, -0.25) is 0 Å². The molecule has 1 rings (SSSR count). The molecule has 0 spiro atoms. The number of hydrogen-bond acceptors (Lipinski definition) is 4. The third kappa shape index (κ3) is 4.24. The zero-order chi connectivity index (χ0) is 13.2. The fraction of sp³-hybridized carbons (Fsp3) is 0.286. The first-order valence-electron chi connectivity index (χ1n) is 5.49. The summed E-state index contributed by atoms with van der Waals surface area (Å²) < 4.78 is 20.7. The van der Waals surface area contributed by atoms with Gasteiger partial charge in [0.1, 0.15) is 11.5 Å². The van der Waals surface area contributed by atoms with Gasteiger partial charge in [0.15, 0.2) is 13.6 Å². The Balaban J connectivity index is 2.99. The van der Waals surface area contributed by atoms with E-state index in [0.717, 1.165) is 5.56 Å². The van der Waals surface area contributed by atoms with Crippen molar-refractivity contribution in [1.29, 1.82) is 0 Å². The predicted molar refractivity (Wildman–Crippen MR) is 70.7 cm³/mol. The van der Waals surface area contributed by atoms with Crippen LogP contribution in [-0.2, 0) is 9.47 Å². The second-order valence-corrected chi connectivity index (χ2v) is 3.36. The fourth-order valence-corrected chi connectivity index (χ4v) is 1.35. The molecule has 0 heterocycles. The van der Waals surface area contributed by atoms with Gasteiger partial charge >= 0.3 is 0 Å². The van der Waals surface area contributed by atoms with E-state index in [0.29, 0.717) is 11.5 Å². The summed E-state index contributed by atoms with van der Waals surface area (Å²) >= 11 is 0. The van der Waals surface area contributed by atoms with Crippen LogP contribution in [0.2, 0.25) is 0 Å². The van der Waals surface area contributed by atoms with Crippen LogP contribution in [0.3, 0.4) is 0 Å². The molecular weight excluding hydrogens is 232 g/mol. The lowest BCUT2D eigenvalue weighted by Gasteiger charge is -2.13. The maximum atomic E-state index is 5.48. The van der Waals surface area contributed by atoms with Crippen LogP contribution in [0.25, 0.3) is 6.08 Å². The van der Waals surface area contributed by atoms with Crippen molar-refractivity contribution in [2.24, 2.45) is 0 Å². The minimum Gasteiger partial charge on any atom is -0.467 e. The number of allylic oxidation sites excluding steroid dienone is 2. The number of benzene rings is 1. The van der Waals surface area contributed by atoms with Crippen LogP contribution < -0.4 is 9.47 Å². The van der Waals surface area contributed by atoms with E-state index in [4.69, 9.17) is 18.9 Å². The standard InChI is InChI=1S/C14H18O4/c1-4-5-7-12-13(17-10-15-2)8-6-9-14(12)18-11-16-3/h4-9H,1,10-11H2,2-3H3/b7-5+. The third-order valence-electron chi connectivity index (χ3n) is 2.09. The smallest absolute Gasteiger partial charge is 0.188 e. The maximum Gasteiger partial charge on any atom is 0.188 e. The minimum atomic E-state index is 0.183. The molecule has 1 aromatic rings. The topological polar surface area (TPSA) is 36.9 Å². The molecule has 98 valence electrons. The molecule has 4 heteroatoms. The van der Waals surface area contributed by atoms with Gasteiger partial charge in [-0.25, -0.2) is 0 Å². The number of hydrogen-bond donors (Lipinski definition) is 0. The SMILES string of the molecule is C=C/C=C/c1c(OCOC)cccc1OCOC. The summed E-state index contributed by atoms with van der Waals surface area (Å²) in [5, 5.41) is 0. The molecule has 18 heavy (non-hydrogen) atoms. The van der Waals surface area contributed by atoms with Crippen LogP contribution in [0.5, 0.6) is 11.5 Å². The summed E-state index contributed by atoms with van der Waals surface area (Å²) in [5.74, 6) is 1.37. The molecule has 0 saturated carbocycles. The first-order chi connectivity index (χ1) is 8.83. The van der Waals surface area contributed by atoms with Gasteiger partial charge in [-0.05, 0) is 18.2 Å². The monoisotopic (exact) mass is 250 g/mol. The Labute approximate surface area is 107 Å². The van der Waals surface area contributed by atoms with Crippen LogP contribution in [0, 0.1) is 0 Å². The van der Waals surface area contributed by atoms with E-state index in [9.17, 15) is 0 Å². The van der Waals surface area contributed by atoms with Crippen molar-refractivity contribution in [3.8, 4) is 11.5 Å². The van der Waals surface area contributed by atoms with E-state index in [2.05, 4.69) is 6.58 Å². The molecule has 0 aliphatic heterocycles. The molecule has 0 radical (unpaired) electrons. The van der Waals surface area contributed by atoms with E-state index < -0.39 is 0 Å². The number of ether oxygens (including phenoxy) is 4. The van der Waals surface area contributed by atoms with Gasteiger partial charge in [-0.2, -0.15) is 0 Å². The first-order valence-corrected chi connectivity index (χ1v) is 5.49. The van der Waals surface area contributed by atoms with Gasteiger partial charge in [0.25, 0.3) is 0 Å². The van der Waals surface area contributed by atoms with Crippen LogP contribution in [0.1, 0.15) is 5.56 Å². The van der Waals surface area contributed by atoms with Crippen molar-refractivity contribution in [3.05, 3.63) is 42.5 Å². The Bertz CT molecular complexity index is 373. The summed E-state index contributed by atoms with van der Waals surface area (Å²) in [5.41, 5.74) is 0.825. The Hall–Kier alpha value is -1.78. The lowest BCUT2D eigenvalue weighted by molar-refractivity contribution is 0.0457. The zero-order valence-corrected chi connectivity index (χ0v) is 10.7. The molecule has 0 unspecified atom stereocenters. The number of methoxy groups -OCH3 is 2. The summed E-state index contributed by atoms with van der Waals surface area (Å²) in [4.78, 5) is 0. The van der Waals surface area contributed by atoms with Gasteiger partial charge < -0.3 is 18.9 Å². The maximum absolute atomic E-state index is 5.48. The molecule has 0 bridgehead atoms. The van der Waals surface area contributed by atoms with Crippen molar-refractivity contribution < 1.29 is 18.9 Å². The summed E-state index contributed by atoms with van der Waals surface area (Å²) in [6.45, 7) is 4.01. The third-order valence-corrected chi connectivity index (χ3v) is 2.09. The van der Waals surface area contributed by atoms with Crippen LogP contribution in [-0.4, -0.2) is 27.8 Å². The average molecular weight is 250 g/mol.